The average molecular weight is 317 g/mol. The number of carbonyl (C=O) groups is 2. The molecule has 1 heterocycles. The van der Waals surface area contributed by atoms with Gasteiger partial charge < -0.3 is 9.64 Å². The van der Waals surface area contributed by atoms with Gasteiger partial charge in [0.1, 0.15) is 5.60 Å². The molecule has 1 aromatic carbocycles. The third kappa shape index (κ3) is 4.56. The van der Waals surface area contributed by atoms with Crippen molar-refractivity contribution in [1.82, 2.24) is 9.91 Å². The van der Waals surface area contributed by atoms with Crippen LogP contribution in [0.4, 0.5) is 4.79 Å². The first-order chi connectivity index (χ1) is 10.8. The number of nitrogens with two attached hydrogens (primary N) is 1. The van der Waals surface area contributed by atoms with E-state index in [1.165, 1.54) is 0 Å². The molecule has 0 saturated carbocycles. The van der Waals surface area contributed by atoms with E-state index < -0.39 is 11.7 Å². The first-order valence-electron chi connectivity index (χ1n) is 7.56. The summed E-state index contributed by atoms with van der Waals surface area (Å²) in [7, 11) is 0. The van der Waals surface area contributed by atoms with Crippen LogP contribution in [0.2, 0.25) is 0 Å². The predicted octanol–water partition coefficient (Wildman–Crippen LogP) is 2.18. The van der Waals surface area contributed by atoms with Crippen LogP contribution in [0.25, 0.3) is 0 Å². The lowest BCUT2D eigenvalue weighted by molar-refractivity contribution is 0.0208. The zero-order valence-electron chi connectivity index (χ0n) is 13.7. The Balaban J connectivity index is 2.00. The zero-order chi connectivity index (χ0) is 17.0. The van der Waals surface area contributed by atoms with Crippen LogP contribution in [0, 0.1) is 0 Å². The molecule has 2 amide bonds. The molecule has 0 fully saturated rings. The van der Waals surface area contributed by atoms with Gasteiger partial charge in [-0.25, -0.2) is 15.6 Å². The van der Waals surface area contributed by atoms with Crippen LogP contribution in [0.5, 0.6) is 0 Å². The van der Waals surface area contributed by atoms with E-state index in [0.717, 1.165) is 5.01 Å². The molecule has 0 saturated heterocycles. The summed E-state index contributed by atoms with van der Waals surface area (Å²) in [6.07, 6.45) is 3.17. The van der Waals surface area contributed by atoms with Crippen molar-refractivity contribution in [1.29, 1.82) is 0 Å². The topological polar surface area (TPSA) is 75.9 Å². The van der Waals surface area contributed by atoms with E-state index >= 15 is 0 Å². The SMILES string of the molecule is CC(C)(C)OC(=O)N(N)CC1C=CCN1C(=O)c1ccccc1. The summed E-state index contributed by atoms with van der Waals surface area (Å²) in [5.41, 5.74) is 0.00165. The van der Waals surface area contributed by atoms with Crippen molar-refractivity contribution in [3.05, 3.63) is 48.0 Å². The first-order valence-corrected chi connectivity index (χ1v) is 7.56. The van der Waals surface area contributed by atoms with E-state index in [9.17, 15) is 9.59 Å². The van der Waals surface area contributed by atoms with E-state index in [-0.39, 0.29) is 18.5 Å². The van der Waals surface area contributed by atoms with Gasteiger partial charge in [-0.2, -0.15) is 0 Å². The Hall–Kier alpha value is -2.34. The van der Waals surface area contributed by atoms with Crippen molar-refractivity contribution in [3.63, 3.8) is 0 Å². The molecule has 1 aliphatic rings. The number of amides is 2. The van der Waals surface area contributed by atoms with Crippen LogP contribution >= 0.6 is 0 Å². The normalized spacial score (nSPS) is 17.2. The maximum atomic E-state index is 12.5. The maximum Gasteiger partial charge on any atom is 0.424 e. The van der Waals surface area contributed by atoms with Gasteiger partial charge in [-0.15, -0.1) is 0 Å². The van der Waals surface area contributed by atoms with Gasteiger partial charge in [0.15, 0.2) is 0 Å². The molecule has 6 heteroatoms. The van der Waals surface area contributed by atoms with Gasteiger partial charge in [0, 0.05) is 12.1 Å². The Bertz CT molecular complexity index is 593. The fraction of sp³-hybridized carbons (Fsp3) is 0.412. The van der Waals surface area contributed by atoms with Crippen molar-refractivity contribution < 1.29 is 14.3 Å². The number of carbonyl (C=O) groups excluding carboxylic acids is 2. The molecule has 1 atom stereocenters. The summed E-state index contributed by atoms with van der Waals surface area (Å²) < 4.78 is 5.22. The first kappa shape index (κ1) is 17.0. The highest BCUT2D eigenvalue weighted by Gasteiger charge is 2.29. The van der Waals surface area contributed by atoms with Crippen molar-refractivity contribution in [2.24, 2.45) is 5.84 Å². The van der Waals surface area contributed by atoms with E-state index in [1.54, 1.807) is 37.8 Å². The van der Waals surface area contributed by atoms with Crippen LogP contribution in [0.1, 0.15) is 31.1 Å². The summed E-state index contributed by atoms with van der Waals surface area (Å²) >= 11 is 0. The van der Waals surface area contributed by atoms with Crippen LogP contribution < -0.4 is 5.84 Å². The average Bonchev–Trinajstić information content (AvgIpc) is 2.93. The molecular weight excluding hydrogens is 294 g/mol. The lowest BCUT2D eigenvalue weighted by atomic mass is 10.2. The van der Waals surface area contributed by atoms with Gasteiger partial charge in [-0.3, -0.25) is 4.79 Å². The molecule has 1 unspecified atom stereocenters. The maximum absolute atomic E-state index is 12.5. The summed E-state index contributed by atoms with van der Waals surface area (Å²) in [6.45, 7) is 6.02. The van der Waals surface area contributed by atoms with E-state index in [4.69, 9.17) is 10.6 Å². The number of hydrogen-bond donors (Lipinski definition) is 1. The Labute approximate surface area is 136 Å². The minimum atomic E-state index is -0.611. The minimum Gasteiger partial charge on any atom is -0.443 e. The zero-order valence-corrected chi connectivity index (χ0v) is 13.7. The number of nitrogens with zero attached hydrogens (tertiary/aromatic N) is 2. The minimum absolute atomic E-state index is 0.0850. The Morgan fingerprint density at radius 3 is 2.57 bits per heavy atom. The molecule has 124 valence electrons. The van der Waals surface area contributed by atoms with Gasteiger partial charge in [-0.1, -0.05) is 30.4 Å². The number of rotatable bonds is 3. The second-order valence-electron chi connectivity index (χ2n) is 6.45. The molecule has 0 aromatic heterocycles. The molecule has 0 radical (unpaired) electrons. The van der Waals surface area contributed by atoms with Crippen molar-refractivity contribution in [2.45, 2.75) is 32.4 Å². The predicted molar refractivity (Wildman–Crippen MR) is 87.5 cm³/mol. The monoisotopic (exact) mass is 317 g/mol. The van der Waals surface area contributed by atoms with Crippen LogP contribution in [-0.4, -0.2) is 46.6 Å². The van der Waals surface area contributed by atoms with E-state index in [0.29, 0.717) is 12.1 Å². The van der Waals surface area contributed by atoms with Gasteiger partial charge >= 0.3 is 6.09 Å². The molecule has 2 N–H and O–H groups in total. The van der Waals surface area contributed by atoms with Crippen LogP contribution in [-0.2, 0) is 4.74 Å². The third-order valence-electron chi connectivity index (χ3n) is 3.35. The van der Waals surface area contributed by atoms with E-state index in [2.05, 4.69) is 0 Å². The largest absolute Gasteiger partial charge is 0.443 e. The number of benzene rings is 1. The number of hydrazine groups is 1. The highest BCUT2D eigenvalue weighted by atomic mass is 16.6. The smallest absolute Gasteiger partial charge is 0.424 e. The molecule has 1 aromatic rings. The third-order valence-corrected chi connectivity index (χ3v) is 3.35. The quantitative estimate of drug-likeness (QED) is 0.401. The van der Waals surface area contributed by atoms with Crippen molar-refractivity contribution in [3.8, 4) is 0 Å². The van der Waals surface area contributed by atoms with Crippen molar-refractivity contribution in [2.75, 3.05) is 13.1 Å². The van der Waals surface area contributed by atoms with Crippen LogP contribution in [0.15, 0.2) is 42.5 Å². The second-order valence-corrected chi connectivity index (χ2v) is 6.45. The lowest BCUT2D eigenvalue weighted by Crippen LogP contribution is -2.49. The molecule has 6 nitrogen and oxygen atoms in total. The molecule has 2 rings (SSSR count). The summed E-state index contributed by atoms with van der Waals surface area (Å²) in [5.74, 6) is 5.71. The Morgan fingerprint density at radius 1 is 1.30 bits per heavy atom. The molecule has 0 aliphatic carbocycles. The highest BCUT2D eigenvalue weighted by molar-refractivity contribution is 5.95. The lowest BCUT2D eigenvalue weighted by Gasteiger charge is -2.29. The standard InChI is InChI=1S/C17H23N3O3/c1-17(2,3)23-16(22)20(18)12-14-10-7-11-19(14)15(21)13-8-5-4-6-9-13/h4-10,14H,11-12,18H2,1-3H3. The van der Waals surface area contributed by atoms with E-state index in [1.807, 2.05) is 30.4 Å². The summed E-state index contributed by atoms with van der Waals surface area (Å²) in [4.78, 5) is 26.2. The van der Waals surface area contributed by atoms with Gasteiger partial charge in [0.2, 0.25) is 0 Å². The van der Waals surface area contributed by atoms with Gasteiger partial charge in [0.25, 0.3) is 5.91 Å². The fourth-order valence-corrected chi connectivity index (χ4v) is 2.31. The molecule has 1 aliphatic heterocycles. The summed E-state index contributed by atoms with van der Waals surface area (Å²) in [5, 5.41) is 1.01. The van der Waals surface area contributed by atoms with Gasteiger partial charge in [0.05, 0.1) is 12.6 Å². The van der Waals surface area contributed by atoms with Gasteiger partial charge in [-0.05, 0) is 32.9 Å². The molecule has 23 heavy (non-hydrogen) atoms. The molecule has 0 bridgehead atoms. The molecule has 0 spiro atoms. The van der Waals surface area contributed by atoms with Crippen molar-refractivity contribution >= 4 is 12.0 Å². The summed E-state index contributed by atoms with van der Waals surface area (Å²) in [6, 6.07) is 8.78. The highest BCUT2D eigenvalue weighted by Crippen LogP contribution is 2.16. The molecular formula is C17H23N3O3. The Morgan fingerprint density at radius 2 is 1.96 bits per heavy atom. The fourth-order valence-electron chi connectivity index (χ4n) is 2.31. The Kier molecular flexibility index (Phi) is 5.05. The second kappa shape index (κ2) is 6.83. The number of hydrogen-bond acceptors (Lipinski definition) is 4. The van der Waals surface area contributed by atoms with Crippen LogP contribution in [0.3, 0.4) is 0 Å². The number of ether oxygens (including phenoxy) is 1.